The van der Waals surface area contributed by atoms with E-state index in [1.165, 1.54) is 0 Å². The molecule has 0 aliphatic heterocycles. The van der Waals surface area contributed by atoms with Gasteiger partial charge in [0.25, 0.3) is 0 Å². The zero-order valence-electron chi connectivity index (χ0n) is 12.6. The summed E-state index contributed by atoms with van der Waals surface area (Å²) in [5, 5.41) is 8.82. The Hall–Kier alpha value is -1.56. The molecule has 0 bridgehead atoms. The molecule has 5 nitrogen and oxygen atoms in total. The first-order valence-electron chi connectivity index (χ1n) is 7.08. The molecule has 0 unspecified atom stereocenters. The maximum absolute atomic E-state index is 11.8. The first kappa shape index (κ1) is 17.5. The van der Waals surface area contributed by atoms with E-state index in [1.807, 2.05) is 43.0 Å². The van der Waals surface area contributed by atoms with Crippen molar-refractivity contribution >= 4 is 21.5 Å². The highest BCUT2D eigenvalue weighted by Crippen LogP contribution is 2.15. The molecule has 0 aliphatic carbocycles. The SMILES string of the molecule is CCCS(=O)(=O)CCN(CCC(=O)O)c1ccc(C)cc1. The van der Waals surface area contributed by atoms with E-state index < -0.39 is 15.8 Å². The van der Waals surface area contributed by atoms with Crippen LogP contribution < -0.4 is 4.90 Å². The van der Waals surface area contributed by atoms with Crippen LogP contribution in [-0.2, 0) is 14.6 Å². The Morgan fingerprint density at radius 1 is 1.14 bits per heavy atom. The van der Waals surface area contributed by atoms with Crippen LogP contribution in [0.2, 0.25) is 0 Å². The molecule has 0 saturated heterocycles. The monoisotopic (exact) mass is 313 g/mol. The number of carboxylic acids is 1. The second-order valence-electron chi connectivity index (χ2n) is 5.12. The quantitative estimate of drug-likeness (QED) is 0.755. The average Bonchev–Trinajstić information content (AvgIpc) is 2.40. The van der Waals surface area contributed by atoms with Gasteiger partial charge in [-0.15, -0.1) is 0 Å². The van der Waals surface area contributed by atoms with Crippen LogP contribution in [0.3, 0.4) is 0 Å². The van der Waals surface area contributed by atoms with E-state index in [4.69, 9.17) is 5.11 Å². The molecule has 1 rings (SSSR count). The lowest BCUT2D eigenvalue weighted by molar-refractivity contribution is -0.136. The normalized spacial score (nSPS) is 11.3. The molecule has 1 aromatic rings. The minimum absolute atomic E-state index is 0.0122. The number of aliphatic carboxylic acids is 1. The maximum Gasteiger partial charge on any atom is 0.305 e. The Morgan fingerprint density at radius 3 is 2.29 bits per heavy atom. The van der Waals surface area contributed by atoms with Crippen LogP contribution in [0.4, 0.5) is 5.69 Å². The lowest BCUT2D eigenvalue weighted by atomic mass is 10.2. The third-order valence-electron chi connectivity index (χ3n) is 3.18. The van der Waals surface area contributed by atoms with E-state index >= 15 is 0 Å². The van der Waals surface area contributed by atoms with Gasteiger partial charge in [-0.2, -0.15) is 0 Å². The summed E-state index contributed by atoms with van der Waals surface area (Å²) in [4.78, 5) is 12.6. The molecule has 6 heteroatoms. The second kappa shape index (κ2) is 8.02. The predicted octanol–water partition coefficient (Wildman–Crippen LogP) is 2.10. The van der Waals surface area contributed by atoms with Crippen LogP contribution in [-0.4, -0.2) is 44.1 Å². The van der Waals surface area contributed by atoms with Crippen molar-refractivity contribution in [2.45, 2.75) is 26.7 Å². The van der Waals surface area contributed by atoms with Gasteiger partial charge < -0.3 is 10.0 Å². The van der Waals surface area contributed by atoms with Crippen LogP contribution in [0.5, 0.6) is 0 Å². The molecule has 0 heterocycles. The highest BCUT2D eigenvalue weighted by Gasteiger charge is 2.14. The lowest BCUT2D eigenvalue weighted by Gasteiger charge is -2.24. The summed E-state index contributed by atoms with van der Waals surface area (Å²) in [6.45, 7) is 4.43. The third kappa shape index (κ3) is 6.62. The second-order valence-corrected chi connectivity index (χ2v) is 7.42. The van der Waals surface area contributed by atoms with E-state index in [9.17, 15) is 13.2 Å². The summed E-state index contributed by atoms with van der Waals surface area (Å²) in [6.07, 6.45) is 0.587. The Morgan fingerprint density at radius 2 is 1.76 bits per heavy atom. The van der Waals surface area contributed by atoms with Crippen molar-refractivity contribution in [3.63, 3.8) is 0 Å². The molecule has 0 spiro atoms. The number of hydrogen-bond donors (Lipinski definition) is 1. The van der Waals surface area contributed by atoms with Crippen molar-refractivity contribution in [1.29, 1.82) is 0 Å². The molecule has 0 atom stereocenters. The fourth-order valence-corrected chi connectivity index (χ4v) is 3.34. The molecule has 0 aromatic heterocycles. The van der Waals surface area contributed by atoms with Gasteiger partial charge in [0.1, 0.15) is 0 Å². The summed E-state index contributed by atoms with van der Waals surface area (Å²) < 4.78 is 23.6. The number of sulfone groups is 1. The van der Waals surface area contributed by atoms with E-state index in [2.05, 4.69) is 0 Å². The van der Waals surface area contributed by atoms with Gasteiger partial charge in [0.05, 0.1) is 12.2 Å². The van der Waals surface area contributed by atoms with Crippen molar-refractivity contribution in [3.05, 3.63) is 29.8 Å². The molecule has 0 aliphatic rings. The van der Waals surface area contributed by atoms with Crippen molar-refractivity contribution in [1.82, 2.24) is 0 Å². The molecule has 118 valence electrons. The van der Waals surface area contributed by atoms with Crippen LogP contribution in [0, 0.1) is 6.92 Å². The van der Waals surface area contributed by atoms with Gasteiger partial charge >= 0.3 is 5.97 Å². The molecule has 21 heavy (non-hydrogen) atoms. The highest BCUT2D eigenvalue weighted by molar-refractivity contribution is 7.91. The number of hydrogen-bond acceptors (Lipinski definition) is 4. The zero-order chi connectivity index (χ0) is 15.9. The van der Waals surface area contributed by atoms with Crippen molar-refractivity contribution < 1.29 is 18.3 Å². The molecular formula is C15H23NO4S. The van der Waals surface area contributed by atoms with Crippen LogP contribution in [0.15, 0.2) is 24.3 Å². The smallest absolute Gasteiger partial charge is 0.305 e. The Labute approximate surface area is 126 Å². The molecule has 0 amide bonds. The first-order valence-corrected chi connectivity index (χ1v) is 8.90. The number of benzene rings is 1. The van der Waals surface area contributed by atoms with E-state index in [0.29, 0.717) is 19.5 Å². The number of rotatable bonds is 9. The molecular weight excluding hydrogens is 290 g/mol. The van der Waals surface area contributed by atoms with Gasteiger partial charge in [-0.25, -0.2) is 8.42 Å². The van der Waals surface area contributed by atoms with Crippen molar-refractivity contribution in [2.75, 3.05) is 29.5 Å². The largest absolute Gasteiger partial charge is 0.481 e. The maximum atomic E-state index is 11.8. The third-order valence-corrected chi connectivity index (χ3v) is 5.02. The Bertz CT molecular complexity index is 552. The summed E-state index contributed by atoms with van der Waals surface area (Å²) in [7, 11) is -3.07. The fraction of sp³-hybridized carbons (Fsp3) is 0.533. The number of anilines is 1. The highest BCUT2D eigenvalue weighted by atomic mass is 32.2. The Kier molecular flexibility index (Phi) is 6.68. The summed E-state index contributed by atoms with van der Waals surface area (Å²) in [5.41, 5.74) is 1.96. The summed E-state index contributed by atoms with van der Waals surface area (Å²) >= 11 is 0. The van der Waals surface area contributed by atoms with Gasteiger partial charge in [-0.3, -0.25) is 4.79 Å². The molecule has 1 aromatic carbocycles. The number of carbonyl (C=O) groups is 1. The van der Waals surface area contributed by atoms with Gasteiger partial charge in [-0.05, 0) is 25.5 Å². The van der Waals surface area contributed by atoms with Crippen molar-refractivity contribution in [3.8, 4) is 0 Å². The topological polar surface area (TPSA) is 74.7 Å². The summed E-state index contributed by atoms with van der Waals surface area (Å²) in [5.74, 6) is -0.661. The molecule has 0 radical (unpaired) electrons. The molecule has 0 saturated carbocycles. The van der Waals surface area contributed by atoms with E-state index in [0.717, 1.165) is 11.3 Å². The van der Waals surface area contributed by atoms with E-state index in [-0.39, 0.29) is 17.9 Å². The van der Waals surface area contributed by atoms with Crippen LogP contribution >= 0.6 is 0 Å². The van der Waals surface area contributed by atoms with Crippen molar-refractivity contribution in [2.24, 2.45) is 0 Å². The zero-order valence-corrected chi connectivity index (χ0v) is 13.4. The predicted molar refractivity (Wildman–Crippen MR) is 84.6 cm³/mol. The van der Waals surface area contributed by atoms with Gasteiger partial charge in [0.15, 0.2) is 9.84 Å². The minimum Gasteiger partial charge on any atom is -0.481 e. The fourth-order valence-electron chi connectivity index (χ4n) is 2.02. The van der Waals surface area contributed by atoms with Crippen LogP contribution in [0.25, 0.3) is 0 Å². The number of aryl methyl sites for hydroxylation is 1. The van der Waals surface area contributed by atoms with Gasteiger partial charge in [0, 0.05) is 24.5 Å². The Balaban J connectivity index is 2.77. The number of carboxylic acid groups (broad SMARTS) is 1. The average molecular weight is 313 g/mol. The van der Waals surface area contributed by atoms with Crippen LogP contribution in [0.1, 0.15) is 25.3 Å². The van der Waals surface area contributed by atoms with E-state index in [1.54, 1.807) is 0 Å². The molecule has 0 fully saturated rings. The van der Waals surface area contributed by atoms with Gasteiger partial charge in [-0.1, -0.05) is 24.6 Å². The first-order chi connectivity index (χ1) is 9.84. The minimum atomic E-state index is -3.07. The summed E-state index contributed by atoms with van der Waals surface area (Å²) in [6, 6.07) is 7.65. The lowest BCUT2D eigenvalue weighted by Crippen LogP contribution is -2.32. The standard InChI is InChI=1S/C15H23NO4S/c1-3-11-21(19,20)12-10-16(9-8-15(17)18)14-6-4-13(2)5-7-14/h4-7H,3,8-12H2,1-2H3,(H,17,18). The molecule has 1 N–H and O–H groups in total. The number of nitrogens with zero attached hydrogens (tertiary/aromatic N) is 1. The van der Waals surface area contributed by atoms with Gasteiger partial charge in [0.2, 0.25) is 0 Å².